The predicted octanol–water partition coefficient (Wildman–Crippen LogP) is 1.25. The number of anilines is 1. The van der Waals surface area contributed by atoms with E-state index in [0.29, 0.717) is 13.0 Å². The molecule has 0 fully saturated rings. The van der Waals surface area contributed by atoms with Crippen molar-refractivity contribution in [3.63, 3.8) is 0 Å². The minimum atomic E-state index is -0.559. The van der Waals surface area contributed by atoms with Gasteiger partial charge < -0.3 is 9.88 Å². The van der Waals surface area contributed by atoms with Crippen molar-refractivity contribution < 1.29 is 4.92 Å². The van der Waals surface area contributed by atoms with Crippen molar-refractivity contribution in [2.75, 3.05) is 11.9 Å². The second-order valence-corrected chi connectivity index (χ2v) is 4.09. The SMILES string of the molecule is Cn1ccnc1CCNc1ncc(C#N)cc1[N+](=O)[O-]. The maximum absolute atomic E-state index is 10.9. The average Bonchev–Trinajstić information content (AvgIpc) is 2.84. The molecule has 2 aromatic heterocycles. The van der Waals surface area contributed by atoms with Crippen LogP contribution in [0.25, 0.3) is 0 Å². The molecule has 0 unspecified atom stereocenters. The summed E-state index contributed by atoms with van der Waals surface area (Å²) in [5.41, 5.74) is -0.0461. The Labute approximate surface area is 114 Å². The van der Waals surface area contributed by atoms with Crippen LogP contribution in [-0.2, 0) is 13.5 Å². The first-order chi connectivity index (χ1) is 9.61. The molecule has 2 heterocycles. The van der Waals surface area contributed by atoms with Gasteiger partial charge in [-0.1, -0.05) is 0 Å². The van der Waals surface area contributed by atoms with E-state index in [1.165, 1.54) is 12.3 Å². The van der Waals surface area contributed by atoms with Crippen LogP contribution in [0.4, 0.5) is 11.5 Å². The zero-order valence-corrected chi connectivity index (χ0v) is 10.8. The van der Waals surface area contributed by atoms with E-state index in [1.807, 2.05) is 23.9 Å². The molecule has 20 heavy (non-hydrogen) atoms. The summed E-state index contributed by atoms with van der Waals surface area (Å²) >= 11 is 0. The van der Waals surface area contributed by atoms with E-state index < -0.39 is 4.92 Å². The fourth-order valence-corrected chi connectivity index (χ4v) is 1.72. The molecule has 102 valence electrons. The normalized spacial score (nSPS) is 10.0. The summed E-state index contributed by atoms with van der Waals surface area (Å²) in [4.78, 5) is 18.4. The quantitative estimate of drug-likeness (QED) is 0.648. The van der Waals surface area contributed by atoms with Gasteiger partial charge >= 0.3 is 5.69 Å². The molecular formula is C12H12N6O2. The minimum Gasteiger partial charge on any atom is -0.364 e. The lowest BCUT2D eigenvalue weighted by Crippen LogP contribution is -2.11. The van der Waals surface area contributed by atoms with Crippen LogP contribution in [0, 0.1) is 21.4 Å². The molecule has 0 aliphatic carbocycles. The summed E-state index contributed by atoms with van der Waals surface area (Å²) in [5, 5.41) is 22.6. The third-order valence-electron chi connectivity index (χ3n) is 2.76. The Morgan fingerprint density at radius 2 is 2.35 bits per heavy atom. The first kappa shape index (κ1) is 13.5. The summed E-state index contributed by atoms with van der Waals surface area (Å²) in [6.07, 6.45) is 5.44. The van der Waals surface area contributed by atoms with Crippen molar-refractivity contribution in [2.45, 2.75) is 6.42 Å². The number of pyridine rings is 1. The van der Waals surface area contributed by atoms with Gasteiger partial charge in [-0.25, -0.2) is 9.97 Å². The van der Waals surface area contributed by atoms with Crippen LogP contribution >= 0.6 is 0 Å². The zero-order chi connectivity index (χ0) is 14.5. The van der Waals surface area contributed by atoms with Crippen LogP contribution < -0.4 is 5.32 Å². The lowest BCUT2D eigenvalue weighted by atomic mass is 10.2. The van der Waals surface area contributed by atoms with E-state index in [2.05, 4.69) is 15.3 Å². The highest BCUT2D eigenvalue weighted by atomic mass is 16.6. The standard InChI is InChI=1S/C12H12N6O2/c1-17-5-4-14-11(17)2-3-15-12-10(18(19)20)6-9(7-13)8-16-12/h4-6,8H,2-3H2,1H3,(H,15,16). The highest BCUT2D eigenvalue weighted by Crippen LogP contribution is 2.22. The lowest BCUT2D eigenvalue weighted by molar-refractivity contribution is -0.384. The van der Waals surface area contributed by atoms with Gasteiger partial charge in [0.25, 0.3) is 0 Å². The van der Waals surface area contributed by atoms with E-state index >= 15 is 0 Å². The Morgan fingerprint density at radius 3 is 2.95 bits per heavy atom. The molecule has 0 bridgehead atoms. The van der Waals surface area contributed by atoms with E-state index in [9.17, 15) is 10.1 Å². The third-order valence-corrected chi connectivity index (χ3v) is 2.76. The smallest absolute Gasteiger partial charge is 0.312 e. The molecule has 0 aliphatic heterocycles. The van der Waals surface area contributed by atoms with E-state index in [-0.39, 0.29) is 17.1 Å². The fraction of sp³-hybridized carbons (Fsp3) is 0.250. The Balaban J connectivity index is 2.08. The van der Waals surface area contributed by atoms with Crippen molar-refractivity contribution in [3.05, 3.63) is 46.2 Å². The predicted molar refractivity (Wildman–Crippen MR) is 71.0 cm³/mol. The van der Waals surface area contributed by atoms with Gasteiger partial charge in [0.2, 0.25) is 5.82 Å². The maximum atomic E-state index is 10.9. The van der Waals surface area contributed by atoms with E-state index in [1.54, 1.807) is 6.20 Å². The van der Waals surface area contributed by atoms with Gasteiger partial charge in [0, 0.05) is 44.7 Å². The average molecular weight is 272 g/mol. The largest absolute Gasteiger partial charge is 0.364 e. The lowest BCUT2D eigenvalue weighted by Gasteiger charge is -2.06. The Morgan fingerprint density at radius 1 is 1.55 bits per heavy atom. The summed E-state index contributed by atoms with van der Waals surface area (Å²) in [7, 11) is 1.88. The molecule has 0 radical (unpaired) electrons. The van der Waals surface area contributed by atoms with Crippen molar-refractivity contribution in [2.24, 2.45) is 7.05 Å². The molecule has 0 saturated heterocycles. The molecule has 1 N–H and O–H groups in total. The van der Waals surface area contributed by atoms with Crippen LogP contribution in [0.15, 0.2) is 24.7 Å². The minimum absolute atomic E-state index is 0.156. The number of hydrogen-bond acceptors (Lipinski definition) is 6. The Hall–Kier alpha value is -2.95. The van der Waals surface area contributed by atoms with Gasteiger partial charge in [0.05, 0.1) is 10.5 Å². The van der Waals surface area contributed by atoms with Gasteiger partial charge in [0.1, 0.15) is 11.9 Å². The third kappa shape index (κ3) is 2.89. The van der Waals surface area contributed by atoms with Crippen LogP contribution in [0.3, 0.4) is 0 Å². The molecule has 0 spiro atoms. The van der Waals surface area contributed by atoms with Gasteiger partial charge in [-0.2, -0.15) is 5.26 Å². The number of nitrogens with one attached hydrogen (secondary N) is 1. The number of aryl methyl sites for hydroxylation is 1. The molecule has 2 rings (SSSR count). The molecule has 0 aromatic carbocycles. The van der Waals surface area contributed by atoms with Crippen molar-refractivity contribution >= 4 is 11.5 Å². The topological polar surface area (TPSA) is 110 Å². The molecule has 8 nitrogen and oxygen atoms in total. The molecule has 2 aromatic rings. The number of aromatic nitrogens is 3. The van der Waals surface area contributed by atoms with Gasteiger partial charge in [0.15, 0.2) is 0 Å². The number of nitriles is 1. The number of imidazole rings is 1. The van der Waals surface area contributed by atoms with Crippen LogP contribution in [0.2, 0.25) is 0 Å². The van der Waals surface area contributed by atoms with Gasteiger partial charge in [-0.15, -0.1) is 0 Å². The summed E-state index contributed by atoms with van der Waals surface area (Å²) in [5.74, 6) is 1.03. The van der Waals surface area contributed by atoms with Crippen LogP contribution in [-0.4, -0.2) is 26.0 Å². The van der Waals surface area contributed by atoms with Crippen LogP contribution in [0.5, 0.6) is 0 Å². The monoisotopic (exact) mass is 272 g/mol. The zero-order valence-electron chi connectivity index (χ0n) is 10.8. The van der Waals surface area contributed by atoms with E-state index in [4.69, 9.17) is 5.26 Å². The number of nitrogens with zero attached hydrogens (tertiary/aromatic N) is 5. The Bertz CT molecular complexity index is 673. The molecule has 0 atom stereocenters. The molecule has 0 amide bonds. The van der Waals surface area contributed by atoms with Crippen molar-refractivity contribution in [3.8, 4) is 6.07 Å². The molecular weight excluding hydrogens is 260 g/mol. The maximum Gasteiger partial charge on any atom is 0.312 e. The highest BCUT2D eigenvalue weighted by molar-refractivity contribution is 5.58. The van der Waals surface area contributed by atoms with Crippen LogP contribution in [0.1, 0.15) is 11.4 Å². The number of nitro groups is 1. The molecule has 8 heteroatoms. The Kier molecular flexibility index (Phi) is 3.91. The second kappa shape index (κ2) is 5.79. The second-order valence-electron chi connectivity index (χ2n) is 4.09. The first-order valence-electron chi connectivity index (χ1n) is 5.86. The summed E-state index contributed by atoms with van der Waals surface area (Å²) < 4.78 is 1.88. The van der Waals surface area contributed by atoms with Gasteiger partial charge in [-0.3, -0.25) is 10.1 Å². The highest BCUT2D eigenvalue weighted by Gasteiger charge is 2.16. The molecule has 0 aliphatic rings. The summed E-state index contributed by atoms with van der Waals surface area (Å²) in [6, 6.07) is 3.03. The van der Waals surface area contributed by atoms with Crippen molar-refractivity contribution in [1.29, 1.82) is 5.26 Å². The molecule has 0 saturated carbocycles. The fourth-order valence-electron chi connectivity index (χ4n) is 1.72. The van der Waals surface area contributed by atoms with Crippen molar-refractivity contribution in [1.82, 2.24) is 14.5 Å². The van der Waals surface area contributed by atoms with Gasteiger partial charge in [-0.05, 0) is 0 Å². The number of hydrogen-bond donors (Lipinski definition) is 1. The first-order valence-corrected chi connectivity index (χ1v) is 5.86. The van der Waals surface area contributed by atoms with E-state index in [0.717, 1.165) is 5.82 Å². The summed E-state index contributed by atoms with van der Waals surface area (Å²) in [6.45, 7) is 0.463. The number of rotatable bonds is 5.